The first-order chi connectivity index (χ1) is 13.6. The van der Waals surface area contributed by atoms with Gasteiger partial charge < -0.3 is 5.32 Å². The molecule has 0 radical (unpaired) electrons. The van der Waals surface area contributed by atoms with Crippen LogP contribution < -0.4 is 10.7 Å². The lowest BCUT2D eigenvalue weighted by Gasteiger charge is -2.25. The molecule has 0 saturated heterocycles. The second-order valence-electron chi connectivity index (χ2n) is 6.20. The van der Waals surface area contributed by atoms with Crippen molar-refractivity contribution >= 4 is 28.7 Å². The van der Waals surface area contributed by atoms with E-state index in [-0.39, 0.29) is 5.69 Å². The van der Waals surface area contributed by atoms with E-state index in [1.807, 2.05) is 41.4 Å². The zero-order valence-corrected chi connectivity index (χ0v) is 15.9. The molecule has 0 aliphatic heterocycles. The highest BCUT2D eigenvalue weighted by Crippen LogP contribution is 2.15. The number of non-ortho nitro benzene ring substituents is 1. The smallest absolute Gasteiger partial charge is 0.269 e. The third-order valence-corrected chi connectivity index (χ3v) is 4.22. The Morgan fingerprint density at radius 2 is 1.36 bits per heavy atom. The van der Waals surface area contributed by atoms with Gasteiger partial charge in [-0.2, -0.15) is 0 Å². The van der Waals surface area contributed by atoms with Crippen molar-refractivity contribution in [2.75, 3.05) is 5.32 Å². The average molecular weight is 392 g/mol. The van der Waals surface area contributed by atoms with Gasteiger partial charge in [-0.05, 0) is 35.5 Å². The summed E-state index contributed by atoms with van der Waals surface area (Å²) in [6, 6.07) is 26.4. The Balaban J connectivity index is 1.67. The molecule has 0 aliphatic carbocycles. The van der Waals surface area contributed by atoms with E-state index in [0.29, 0.717) is 23.9 Å². The number of hydrogen-bond donors (Lipinski definition) is 2. The molecule has 0 fully saturated rings. The summed E-state index contributed by atoms with van der Waals surface area (Å²) < 4.78 is 0. The fourth-order valence-electron chi connectivity index (χ4n) is 2.71. The van der Waals surface area contributed by atoms with Crippen molar-refractivity contribution in [3.63, 3.8) is 0 Å². The number of nitrogens with one attached hydrogen (secondary N) is 2. The summed E-state index contributed by atoms with van der Waals surface area (Å²) in [6.45, 7) is 1.33. The molecule has 0 aliphatic rings. The Morgan fingerprint density at radius 1 is 0.857 bits per heavy atom. The molecule has 0 saturated carbocycles. The number of nitrogens with zero attached hydrogens (tertiary/aromatic N) is 2. The zero-order chi connectivity index (χ0) is 19.8. The van der Waals surface area contributed by atoms with Crippen LogP contribution in [0.2, 0.25) is 0 Å². The molecule has 3 rings (SSSR count). The third kappa shape index (κ3) is 5.87. The minimum absolute atomic E-state index is 0.0409. The SMILES string of the molecule is O=[N+]([O-])c1ccc(NC(=S)NN(Cc2ccccc2)Cc2ccccc2)cc1. The van der Waals surface area contributed by atoms with Crippen LogP contribution in [0.25, 0.3) is 0 Å². The molecule has 0 unspecified atom stereocenters. The molecule has 7 heteroatoms. The second kappa shape index (κ2) is 9.59. The van der Waals surface area contributed by atoms with Crippen LogP contribution in [0.4, 0.5) is 11.4 Å². The maximum atomic E-state index is 10.8. The number of benzene rings is 3. The van der Waals surface area contributed by atoms with E-state index >= 15 is 0 Å². The number of nitro groups is 1. The summed E-state index contributed by atoms with van der Waals surface area (Å²) in [6.07, 6.45) is 0. The van der Waals surface area contributed by atoms with Gasteiger partial charge in [-0.3, -0.25) is 15.5 Å². The minimum atomic E-state index is -0.429. The maximum absolute atomic E-state index is 10.8. The van der Waals surface area contributed by atoms with Gasteiger partial charge in [0.25, 0.3) is 5.69 Å². The molecule has 28 heavy (non-hydrogen) atoms. The van der Waals surface area contributed by atoms with Crippen molar-refractivity contribution in [1.82, 2.24) is 10.4 Å². The van der Waals surface area contributed by atoms with Crippen LogP contribution in [0, 0.1) is 10.1 Å². The third-order valence-electron chi connectivity index (χ3n) is 4.03. The molecule has 0 spiro atoms. The molecule has 6 nitrogen and oxygen atoms in total. The summed E-state index contributed by atoms with van der Waals surface area (Å²) in [7, 11) is 0. The molecule has 142 valence electrons. The Morgan fingerprint density at radius 3 is 1.82 bits per heavy atom. The molecule has 3 aromatic carbocycles. The number of anilines is 1. The molecule has 0 atom stereocenters. The monoisotopic (exact) mass is 392 g/mol. The molecule has 3 aromatic rings. The van der Waals surface area contributed by atoms with E-state index in [1.165, 1.54) is 12.1 Å². The highest BCUT2D eigenvalue weighted by molar-refractivity contribution is 7.80. The first-order valence-corrected chi connectivity index (χ1v) is 9.16. The summed E-state index contributed by atoms with van der Waals surface area (Å²) in [5, 5.41) is 16.3. The van der Waals surface area contributed by atoms with Gasteiger partial charge in [0, 0.05) is 30.9 Å². The van der Waals surface area contributed by atoms with E-state index in [4.69, 9.17) is 12.2 Å². The molecule has 0 amide bonds. The lowest BCUT2D eigenvalue weighted by atomic mass is 10.2. The summed E-state index contributed by atoms with van der Waals surface area (Å²) >= 11 is 5.43. The average Bonchev–Trinajstić information content (AvgIpc) is 2.70. The number of nitro benzene ring substituents is 1. The Kier molecular flexibility index (Phi) is 6.67. The van der Waals surface area contributed by atoms with Gasteiger partial charge in [0.05, 0.1) is 4.92 Å². The van der Waals surface area contributed by atoms with Gasteiger partial charge >= 0.3 is 0 Å². The van der Waals surface area contributed by atoms with Crippen LogP contribution in [0.5, 0.6) is 0 Å². The quantitative estimate of drug-likeness (QED) is 0.350. The summed E-state index contributed by atoms with van der Waals surface area (Å²) in [5.74, 6) is 0. The van der Waals surface area contributed by atoms with E-state index < -0.39 is 4.92 Å². The van der Waals surface area contributed by atoms with Crippen molar-refractivity contribution in [3.8, 4) is 0 Å². The van der Waals surface area contributed by atoms with Gasteiger partial charge in [0.1, 0.15) is 0 Å². The van der Waals surface area contributed by atoms with Gasteiger partial charge in [0.2, 0.25) is 0 Å². The number of thiocarbonyl (C=S) groups is 1. The lowest BCUT2D eigenvalue weighted by Crippen LogP contribution is -2.43. The molecule has 0 aromatic heterocycles. The molecule has 2 N–H and O–H groups in total. The maximum Gasteiger partial charge on any atom is 0.269 e. The van der Waals surface area contributed by atoms with E-state index in [0.717, 1.165) is 11.1 Å². The van der Waals surface area contributed by atoms with Crippen LogP contribution in [0.1, 0.15) is 11.1 Å². The highest BCUT2D eigenvalue weighted by Gasteiger charge is 2.10. The molecular weight excluding hydrogens is 372 g/mol. The van der Waals surface area contributed by atoms with Gasteiger partial charge in [-0.25, -0.2) is 5.01 Å². The van der Waals surface area contributed by atoms with Crippen molar-refractivity contribution in [3.05, 3.63) is 106 Å². The Labute approximate surface area is 168 Å². The van der Waals surface area contributed by atoms with Crippen molar-refractivity contribution in [2.45, 2.75) is 13.1 Å². The largest absolute Gasteiger partial charge is 0.332 e. The summed E-state index contributed by atoms with van der Waals surface area (Å²) in [5.41, 5.74) is 6.26. The lowest BCUT2D eigenvalue weighted by molar-refractivity contribution is -0.384. The first kappa shape index (κ1) is 19.5. The first-order valence-electron chi connectivity index (χ1n) is 8.75. The van der Waals surface area contributed by atoms with E-state index in [9.17, 15) is 10.1 Å². The topological polar surface area (TPSA) is 70.4 Å². The predicted molar refractivity (Wildman–Crippen MR) is 115 cm³/mol. The van der Waals surface area contributed by atoms with Crippen molar-refractivity contribution in [2.24, 2.45) is 0 Å². The van der Waals surface area contributed by atoms with Crippen LogP contribution in [-0.4, -0.2) is 15.0 Å². The summed E-state index contributed by atoms with van der Waals surface area (Å²) in [4.78, 5) is 10.3. The van der Waals surface area contributed by atoms with Crippen LogP contribution >= 0.6 is 12.2 Å². The van der Waals surface area contributed by atoms with E-state index in [1.54, 1.807) is 12.1 Å². The van der Waals surface area contributed by atoms with Crippen LogP contribution in [0.15, 0.2) is 84.9 Å². The Bertz CT molecular complexity index is 877. The highest BCUT2D eigenvalue weighted by atomic mass is 32.1. The predicted octanol–water partition coefficient (Wildman–Crippen LogP) is 4.50. The minimum Gasteiger partial charge on any atom is -0.332 e. The van der Waals surface area contributed by atoms with Crippen LogP contribution in [0.3, 0.4) is 0 Å². The van der Waals surface area contributed by atoms with Gasteiger partial charge in [-0.1, -0.05) is 60.7 Å². The number of hydrazine groups is 1. The van der Waals surface area contributed by atoms with Crippen molar-refractivity contribution in [1.29, 1.82) is 0 Å². The van der Waals surface area contributed by atoms with Crippen molar-refractivity contribution < 1.29 is 4.92 Å². The fourth-order valence-corrected chi connectivity index (χ4v) is 2.96. The molecule has 0 heterocycles. The molecule has 0 bridgehead atoms. The van der Waals surface area contributed by atoms with E-state index in [2.05, 4.69) is 35.0 Å². The van der Waals surface area contributed by atoms with Gasteiger partial charge in [0.15, 0.2) is 5.11 Å². The Hall–Kier alpha value is -3.29. The zero-order valence-electron chi connectivity index (χ0n) is 15.1. The fraction of sp³-hybridized carbons (Fsp3) is 0.0952. The number of hydrogen-bond acceptors (Lipinski definition) is 4. The molecular formula is C21H20N4O2S. The standard InChI is InChI=1S/C21H20N4O2S/c26-25(27)20-13-11-19(12-14-20)22-21(28)23-24(15-17-7-3-1-4-8-17)16-18-9-5-2-6-10-18/h1-14H,15-16H2,(H2,22,23,28). The van der Waals surface area contributed by atoms with Gasteiger partial charge in [-0.15, -0.1) is 0 Å². The number of rotatable bonds is 7. The van der Waals surface area contributed by atoms with Crippen LogP contribution in [-0.2, 0) is 13.1 Å². The normalized spacial score (nSPS) is 10.5. The second-order valence-corrected chi connectivity index (χ2v) is 6.61.